The van der Waals surface area contributed by atoms with E-state index in [0.717, 1.165) is 36.1 Å². The van der Waals surface area contributed by atoms with Gasteiger partial charge in [-0.25, -0.2) is 4.98 Å². The van der Waals surface area contributed by atoms with Crippen LogP contribution in [0.4, 0.5) is 5.69 Å². The van der Waals surface area contributed by atoms with Crippen LogP contribution in [0.15, 0.2) is 48.5 Å². The SMILES string of the molecule is O=C1Cc2ccc(-c3n[nH]c([C@H]4CCCCN4C(=O)COc4ccccc4)n3)cc2N1. The third-order valence-corrected chi connectivity index (χ3v) is 5.74. The number of anilines is 1. The van der Waals surface area contributed by atoms with Crippen LogP contribution in [-0.4, -0.2) is 45.0 Å². The molecule has 2 N–H and O–H groups in total. The zero-order chi connectivity index (χ0) is 21.2. The van der Waals surface area contributed by atoms with E-state index in [-0.39, 0.29) is 24.5 Å². The molecule has 158 valence electrons. The molecule has 0 radical (unpaired) electrons. The fourth-order valence-electron chi connectivity index (χ4n) is 4.16. The number of para-hydroxylation sites is 1. The number of hydrogen-bond donors (Lipinski definition) is 2. The summed E-state index contributed by atoms with van der Waals surface area (Å²) in [6, 6.07) is 14.9. The van der Waals surface area contributed by atoms with Crippen molar-refractivity contribution in [3.05, 3.63) is 59.9 Å². The van der Waals surface area contributed by atoms with Crippen molar-refractivity contribution in [2.45, 2.75) is 31.7 Å². The molecule has 2 aliphatic rings. The Morgan fingerprint density at radius 2 is 2.03 bits per heavy atom. The molecule has 0 spiro atoms. The number of rotatable bonds is 5. The van der Waals surface area contributed by atoms with Crippen molar-refractivity contribution in [2.75, 3.05) is 18.5 Å². The van der Waals surface area contributed by atoms with Gasteiger partial charge in [-0.05, 0) is 43.0 Å². The van der Waals surface area contributed by atoms with E-state index >= 15 is 0 Å². The second-order valence-electron chi connectivity index (χ2n) is 7.84. The highest BCUT2D eigenvalue weighted by molar-refractivity contribution is 5.99. The Hall–Kier alpha value is -3.68. The zero-order valence-corrected chi connectivity index (χ0v) is 17.0. The maximum Gasteiger partial charge on any atom is 0.261 e. The predicted octanol–water partition coefficient (Wildman–Crippen LogP) is 3.10. The molecular weight excluding hydrogens is 394 g/mol. The Balaban J connectivity index is 1.32. The smallest absolute Gasteiger partial charge is 0.261 e. The van der Waals surface area contributed by atoms with Gasteiger partial charge in [0.25, 0.3) is 5.91 Å². The number of aromatic nitrogens is 3. The van der Waals surface area contributed by atoms with Crippen LogP contribution >= 0.6 is 0 Å². The first-order chi connectivity index (χ1) is 15.2. The van der Waals surface area contributed by atoms with Crippen LogP contribution in [0.3, 0.4) is 0 Å². The van der Waals surface area contributed by atoms with Crippen molar-refractivity contribution in [3.63, 3.8) is 0 Å². The molecule has 0 bridgehead atoms. The number of nitrogens with zero attached hydrogens (tertiary/aromatic N) is 3. The third-order valence-electron chi connectivity index (χ3n) is 5.74. The van der Waals surface area contributed by atoms with Gasteiger partial charge in [0.2, 0.25) is 5.91 Å². The molecule has 5 rings (SSSR count). The quantitative estimate of drug-likeness (QED) is 0.664. The number of ether oxygens (including phenoxy) is 1. The van der Waals surface area contributed by atoms with E-state index in [9.17, 15) is 9.59 Å². The third kappa shape index (κ3) is 4.01. The van der Waals surface area contributed by atoms with Gasteiger partial charge in [-0.15, -0.1) is 0 Å². The van der Waals surface area contributed by atoms with E-state index in [2.05, 4.69) is 20.5 Å². The van der Waals surface area contributed by atoms with Gasteiger partial charge in [0.05, 0.1) is 12.5 Å². The van der Waals surface area contributed by atoms with E-state index in [1.165, 1.54) is 0 Å². The van der Waals surface area contributed by atoms with Gasteiger partial charge >= 0.3 is 0 Å². The summed E-state index contributed by atoms with van der Waals surface area (Å²) < 4.78 is 5.66. The molecule has 0 unspecified atom stereocenters. The predicted molar refractivity (Wildman–Crippen MR) is 114 cm³/mol. The standard InChI is InChI=1S/C23H23N5O3/c29-20-13-15-9-10-16(12-18(15)24-20)22-25-23(27-26-22)19-8-4-5-11-28(19)21(30)14-31-17-6-2-1-3-7-17/h1-3,6-7,9-10,12,19H,4-5,8,11,13-14H2,(H,24,29)(H,25,26,27)/t19-/m1/s1. The summed E-state index contributed by atoms with van der Waals surface area (Å²) in [5, 5.41) is 10.3. The van der Waals surface area contributed by atoms with Gasteiger partial charge < -0.3 is 15.0 Å². The maximum absolute atomic E-state index is 12.9. The number of amides is 2. The van der Waals surface area contributed by atoms with Crippen LogP contribution in [0.5, 0.6) is 5.75 Å². The van der Waals surface area contributed by atoms with Gasteiger partial charge in [-0.3, -0.25) is 14.7 Å². The second kappa shape index (κ2) is 8.22. The average Bonchev–Trinajstić information content (AvgIpc) is 3.43. The largest absolute Gasteiger partial charge is 0.484 e. The lowest BCUT2D eigenvalue weighted by Crippen LogP contribution is -2.41. The molecule has 2 amide bonds. The Morgan fingerprint density at radius 1 is 1.16 bits per heavy atom. The number of carbonyl (C=O) groups excluding carboxylic acids is 2. The average molecular weight is 417 g/mol. The van der Waals surface area contributed by atoms with E-state index in [1.807, 2.05) is 53.4 Å². The summed E-state index contributed by atoms with van der Waals surface area (Å²) in [5.41, 5.74) is 2.61. The molecule has 1 saturated heterocycles. The lowest BCUT2D eigenvalue weighted by molar-refractivity contribution is -0.137. The number of benzene rings is 2. The van der Waals surface area contributed by atoms with E-state index in [4.69, 9.17) is 4.74 Å². The Kier molecular flexibility index (Phi) is 5.11. The van der Waals surface area contributed by atoms with Crippen molar-refractivity contribution in [2.24, 2.45) is 0 Å². The Labute approximate surface area is 179 Å². The van der Waals surface area contributed by atoms with Gasteiger partial charge in [0.15, 0.2) is 12.4 Å². The molecule has 1 aromatic heterocycles. The highest BCUT2D eigenvalue weighted by Crippen LogP contribution is 2.32. The number of carbonyl (C=O) groups is 2. The first-order valence-electron chi connectivity index (χ1n) is 10.5. The van der Waals surface area contributed by atoms with Crippen molar-refractivity contribution >= 4 is 17.5 Å². The number of H-pyrrole nitrogens is 1. The van der Waals surface area contributed by atoms with Gasteiger partial charge in [-0.1, -0.05) is 30.3 Å². The van der Waals surface area contributed by atoms with Crippen molar-refractivity contribution < 1.29 is 14.3 Å². The lowest BCUT2D eigenvalue weighted by atomic mass is 10.0. The minimum absolute atomic E-state index is 0.00286. The van der Waals surface area contributed by atoms with E-state index in [1.54, 1.807) is 0 Å². The molecule has 3 aromatic rings. The maximum atomic E-state index is 12.9. The Morgan fingerprint density at radius 3 is 2.90 bits per heavy atom. The minimum atomic E-state index is -0.156. The number of nitrogens with one attached hydrogen (secondary N) is 2. The molecule has 0 aliphatic carbocycles. The number of likely N-dealkylation sites (tertiary alicyclic amines) is 1. The molecule has 1 fully saturated rings. The summed E-state index contributed by atoms with van der Waals surface area (Å²) in [4.78, 5) is 31.0. The van der Waals surface area contributed by atoms with E-state index < -0.39 is 0 Å². The molecule has 0 saturated carbocycles. The summed E-state index contributed by atoms with van der Waals surface area (Å²) in [6.45, 7) is 0.661. The van der Waals surface area contributed by atoms with Crippen molar-refractivity contribution in [3.8, 4) is 17.1 Å². The first-order valence-corrected chi connectivity index (χ1v) is 10.5. The normalized spacial score (nSPS) is 17.9. The van der Waals surface area contributed by atoms with Crippen LogP contribution in [0.1, 0.15) is 36.7 Å². The molecule has 8 nitrogen and oxygen atoms in total. The van der Waals surface area contributed by atoms with Crippen LogP contribution in [-0.2, 0) is 16.0 Å². The molecule has 3 heterocycles. The Bertz CT molecular complexity index is 1110. The molecule has 2 aliphatic heterocycles. The van der Waals surface area contributed by atoms with Gasteiger partial charge in [-0.2, -0.15) is 5.10 Å². The summed E-state index contributed by atoms with van der Waals surface area (Å²) in [6.07, 6.45) is 3.21. The van der Waals surface area contributed by atoms with Gasteiger partial charge in [0, 0.05) is 17.8 Å². The second-order valence-corrected chi connectivity index (χ2v) is 7.84. The van der Waals surface area contributed by atoms with Crippen LogP contribution in [0.2, 0.25) is 0 Å². The lowest BCUT2D eigenvalue weighted by Gasteiger charge is -2.34. The highest BCUT2D eigenvalue weighted by Gasteiger charge is 2.31. The zero-order valence-electron chi connectivity index (χ0n) is 17.0. The minimum Gasteiger partial charge on any atom is -0.484 e. The molecule has 8 heteroatoms. The fraction of sp³-hybridized carbons (Fsp3) is 0.304. The molecule has 2 aromatic carbocycles. The number of fused-ring (bicyclic) bond motifs is 1. The van der Waals surface area contributed by atoms with Crippen molar-refractivity contribution in [1.29, 1.82) is 0 Å². The summed E-state index contributed by atoms with van der Waals surface area (Å²) >= 11 is 0. The fourth-order valence-corrected chi connectivity index (χ4v) is 4.16. The first kappa shape index (κ1) is 19.3. The van der Waals surface area contributed by atoms with E-state index in [0.29, 0.717) is 30.4 Å². The number of aromatic amines is 1. The molecule has 31 heavy (non-hydrogen) atoms. The van der Waals surface area contributed by atoms with Crippen LogP contribution < -0.4 is 10.1 Å². The number of piperidine rings is 1. The molecular formula is C23H23N5O3. The topological polar surface area (TPSA) is 100 Å². The summed E-state index contributed by atoms with van der Waals surface area (Å²) in [5.74, 6) is 1.84. The van der Waals surface area contributed by atoms with Crippen LogP contribution in [0.25, 0.3) is 11.4 Å². The number of hydrogen-bond acceptors (Lipinski definition) is 5. The monoisotopic (exact) mass is 417 g/mol. The summed E-state index contributed by atoms with van der Waals surface area (Å²) in [7, 11) is 0. The van der Waals surface area contributed by atoms with Crippen LogP contribution in [0, 0.1) is 0 Å². The molecule has 1 atom stereocenters. The van der Waals surface area contributed by atoms with Crippen molar-refractivity contribution in [1.82, 2.24) is 20.1 Å². The van der Waals surface area contributed by atoms with Gasteiger partial charge in [0.1, 0.15) is 11.6 Å². The highest BCUT2D eigenvalue weighted by atomic mass is 16.5.